The lowest BCUT2D eigenvalue weighted by Crippen LogP contribution is -1.95. The summed E-state index contributed by atoms with van der Waals surface area (Å²) in [5.74, 6) is -1.91. The summed E-state index contributed by atoms with van der Waals surface area (Å²) in [6.07, 6.45) is 1.27. The zero-order valence-corrected chi connectivity index (χ0v) is 7.49. The number of hydrogen-bond acceptors (Lipinski definition) is 2. The lowest BCUT2D eigenvalue weighted by Gasteiger charge is -1.99. The molecule has 0 aromatic heterocycles. The number of aliphatic carboxylic acids is 1. The molecular formula is C10H9FO3. The summed E-state index contributed by atoms with van der Waals surface area (Å²) < 4.78 is 12.5. The molecule has 1 rings (SSSR count). The Morgan fingerprint density at radius 3 is 2.64 bits per heavy atom. The van der Waals surface area contributed by atoms with Gasteiger partial charge in [0.2, 0.25) is 0 Å². The summed E-state index contributed by atoms with van der Waals surface area (Å²) in [6.45, 7) is 1.39. The quantitative estimate of drug-likeness (QED) is 0.711. The van der Waals surface area contributed by atoms with Gasteiger partial charge < -0.3 is 10.2 Å². The van der Waals surface area contributed by atoms with Gasteiger partial charge in [-0.1, -0.05) is 0 Å². The van der Waals surface area contributed by atoms with Gasteiger partial charge in [0.1, 0.15) is 11.6 Å². The van der Waals surface area contributed by atoms with E-state index in [1.54, 1.807) is 0 Å². The van der Waals surface area contributed by atoms with Gasteiger partial charge in [0.05, 0.1) is 0 Å². The first kappa shape index (κ1) is 10.2. The Morgan fingerprint density at radius 2 is 2.14 bits per heavy atom. The maximum absolute atomic E-state index is 12.5. The van der Waals surface area contributed by atoms with E-state index in [0.29, 0.717) is 0 Å². The molecule has 0 amide bonds. The van der Waals surface area contributed by atoms with Crippen molar-refractivity contribution in [2.24, 2.45) is 0 Å². The molecule has 4 heteroatoms. The van der Waals surface area contributed by atoms with Gasteiger partial charge in [-0.25, -0.2) is 9.18 Å². The monoisotopic (exact) mass is 196 g/mol. The minimum Gasteiger partial charge on any atom is -0.507 e. The van der Waals surface area contributed by atoms with E-state index in [-0.39, 0.29) is 16.9 Å². The molecule has 0 unspecified atom stereocenters. The van der Waals surface area contributed by atoms with Crippen molar-refractivity contribution in [3.63, 3.8) is 0 Å². The summed E-state index contributed by atoms with van der Waals surface area (Å²) in [7, 11) is 0. The molecule has 14 heavy (non-hydrogen) atoms. The summed E-state index contributed by atoms with van der Waals surface area (Å²) in [5, 5.41) is 17.8. The second-order valence-electron chi connectivity index (χ2n) is 2.84. The topological polar surface area (TPSA) is 57.5 Å². The van der Waals surface area contributed by atoms with E-state index < -0.39 is 11.8 Å². The Balaban J connectivity index is 3.09. The van der Waals surface area contributed by atoms with Crippen LogP contribution in [0.3, 0.4) is 0 Å². The van der Waals surface area contributed by atoms with Crippen LogP contribution in [0.5, 0.6) is 5.75 Å². The molecule has 0 aliphatic carbocycles. The molecule has 0 fully saturated rings. The fraction of sp³-hybridized carbons (Fsp3) is 0.100. The van der Waals surface area contributed by atoms with Gasteiger partial charge >= 0.3 is 5.97 Å². The zero-order chi connectivity index (χ0) is 10.7. The van der Waals surface area contributed by atoms with Crippen molar-refractivity contribution < 1.29 is 19.4 Å². The molecule has 0 bridgehead atoms. The molecule has 1 aromatic carbocycles. The number of halogens is 1. The van der Waals surface area contributed by atoms with Crippen LogP contribution in [0, 0.1) is 5.82 Å². The molecule has 2 N–H and O–H groups in total. The predicted octanol–water partition coefficient (Wildman–Crippen LogP) is 2.02. The van der Waals surface area contributed by atoms with Gasteiger partial charge in [-0.15, -0.1) is 0 Å². The number of phenols is 1. The van der Waals surface area contributed by atoms with Crippen molar-refractivity contribution in [1.29, 1.82) is 0 Å². The molecule has 0 radical (unpaired) electrons. The number of carbonyl (C=O) groups is 1. The molecule has 0 aliphatic heterocycles. The first-order valence-corrected chi connectivity index (χ1v) is 3.91. The minimum atomic E-state index is -1.08. The Morgan fingerprint density at radius 1 is 1.50 bits per heavy atom. The highest BCUT2D eigenvalue weighted by atomic mass is 19.1. The van der Waals surface area contributed by atoms with E-state index in [4.69, 9.17) is 5.11 Å². The van der Waals surface area contributed by atoms with Crippen molar-refractivity contribution >= 4 is 12.0 Å². The van der Waals surface area contributed by atoms with Crippen LogP contribution >= 0.6 is 0 Å². The van der Waals surface area contributed by atoms with E-state index in [1.165, 1.54) is 19.1 Å². The van der Waals surface area contributed by atoms with Crippen LogP contribution < -0.4 is 0 Å². The smallest absolute Gasteiger partial charge is 0.331 e. The SMILES string of the molecule is C/C(=C\c1ccc(F)cc1O)C(=O)O. The Bertz CT molecular complexity index is 396. The number of aromatic hydroxyl groups is 1. The first-order valence-electron chi connectivity index (χ1n) is 3.91. The normalized spacial score (nSPS) is 11.4. The van der Waals surface area contributed by atoms with Crippen LogP contribution in [-0.2, 0) is 4.79 Å². The average Bonchev–Trinajstić information content (AvgIpc) is 2.09. The summed E-state index contributed by atoms with van der Waals surface area (Å²) in [5.41, 5.74) is 0.359. The van der Waals surface area contributed by atoms with Crippen LogP contribution in [0.4, 0.5) is 4.39 Å². The van der Waals surface area contributed by atoms with Gasteiger partial charge in [0, 0.05) is 17.2 Å². The molecule has 0 aliphatic rings. The average molecular weight is 196 g/mol. The summed E-state index contributed by atoms with van der Waals surface area (Å²) in [4.78, 5) is 10.5. The molecule has 0 spiro atoms. The molecule has 0 atom stereocenters. The van der Waals surface area contributed by atoms with E-state index >= 15 is 0 Å². The highest BCUT2D eigenvalue weighted by Crippen LogP contribution is 2.20. The van der Waals surface area contributed by atoms with Crippen molar-refractivity contribution in [2.75, 3.05) is 0 Å². The number of carboxylic acid groups (broad SMARTS) is 1. The standard InChI is InChI=1S/C10H9FO3/c1-6(10(13)14)4-7-2-3-8(11)5-9(7)12/h2-5,12H,1H3,(H,13,14)/b6-4+. The van der Waals surface area contributed by atoms with E-state index in [1.807, 2.05) is 0 Å². The summed E-state index contributed by atoms with van der Waals surface area (Å²) in [6, 6.07) is 3.40. The molecule has 0 heterocycles. The maximum atomic E-state index is 12.5. The Labute approximate surface area is 80.1 Å². The lowest BCUT2D eigenvalue weighted by atomic mass is 10.1. The van der Waals surface area contributed by atoms with Crippen LogP contribution in [-0.4, -0.2) is 16.2 Å². The first-order chi connectivity index (χ1) is 6.50. The zero-order valence-electron chi connectivity index (χ0n) is 7.49. The fourth-order valence-corrected chi connectivity index (χ4v) is 0.934. The van der Waals surface area contributed by atoms with Crippen molar-refractivity contribution in [1.82, 2.24) is 0 Å². The highest BCUT2D eigenvalue weighted by Gasteiger charge is 2.03. The molecular weight excluding hydrogens is 187 g/mol. The van der Waals surface area contributed by atoms with Gasteiger partial charge in [-0.2, -0.15) is 0 Å². The number of phenolic OH excluding ortho intramolecular Hbond substituents is 1. The lowest BCUT2D eigenvalue weighted by molar-refractivity contribution is -0.132. The van der Waals surface area contributed by atoms with Crippen molar-refractivity contribution in [3.05, 3.63) is 35.2 Å². The van der Waals surface area contributed by atoms with Gasteiger partial charge in [-0.05, 0) is 25.1 Å². The predicted molar refractivity (Wildman–Crippen MR) is 49.4 cm³/mol. The van der Waals surface area contributed by atoms with E-state index in [2.05, 4.69) is 0 Å². The second kappa shape index (κ2) is 3.91. The minimum absolute atomic E-state index is 0.0758. The van der Waals surface area contributed by atoms with Crippen molar-refractivity contribution in [2.45, 2.75) is 6.92 Å². The third kappa shape index (κ3) is 2.32. The third-order valence-electron chi connectivity index (χ3n) is 1.70. The van der Waals surface area contributed by atoms with Crippen molar-refractivity contribution in [3.8, 4) is 5.75 Å². The number of rotatable bonds is 2. The van der Waals surface area contributed by atoms with E-state index in [0.717, 1.165) is 12.1 Å². The number of carboxylic acids is 1. The molecule has 3 nitrogen and oxygen atoms in total. The van der Waals surface area contributed by atoms with Gasteiger partial charge in [-0.3, -0.25) is 0 Å². The molecule has 74 valence electrons. The third-order valence-corrected chi connectivity index (χ3v) is 1.70. The summed E-state index contributed by atoms with van der Waals surface area (Å²) >= 11 is 0. The largest absolute Gasteiger partial charge is 0.507 e. The van der Waals surface area contributed by atoms with Gasteiger partial charge in [0.25, 0.3) is 0 Å². The maximum Gasteiger partial charge on any atom is 0.331 e. The number of hydrogen-bond donors (Lipinski definition) is 2. The number of benzene rings is 1. The molecule has 1 aromatic rings. The van der Waals surface area contributed by atoms with Gasteiger partial charge in [0.15, 0.2) is 0 Å². The Kier molecular flexibility index (Phi) is 2.86. The second-order valence-corrected chi connectivity index (χ2v) is 2.84. The Hall–Kier alpha value is -1.84. The highest BCUT2D eigenvalue weighted by molar-refractivity contribution is 5.91. The van der Waals surface area contributed by atoms with Crippen LogP contribution in [0.2, 0.25) is 0 Å². The fourth-order valence-electron chi connectivity index (χ4n) is 0.934. The van der Waals surface area contributed by atoms with Crippen LogP contribution in [0.1, 0.15) is 12.5 Å². The van der Waals surface area contributed by atoms with Crippen LogP contribution in [0.25, 0.3) is 6.08 Å². The molecule has 0 saturated carbocycles. The molecule has 0 saturated heterocycles. The van der Waals surface area contributed by atoms with Crippen LogP contribution in [0.15, 0.2) is 23.8 Å². The van der Waals surface area contributed by atoms with E-state index in [9.17, 15) is 14.3 Å².